The summed E-state index contributed by atoms with van der Waals surface area (Å²) in [6, 6.07) is 28.4. The highest BCUT2D eigenvalue weighted by Gasteiger charge is 2.21. The van der Waals surface area contributed by atoms with Crippen molar-refractivity contribution < 1.29 is 10.0 Å². The van der Waals surface area contributed by atoms with Crippen LogP contribution in [0.1, 0.15) is 0 Å². The van der Waals surface area contributed by atoms with E-state index in [4.69, 9.17) is 0 Å². The van der Waals surface area contributed by atoms with Crippen molar-refractivity contribution in [1.82, 2.24) is 4.57 Å². The Morgan fingerprint density at radius 3 is 2.23 bits per heavy atom. The average molecular weight is 337 g/mol. The van der Waals surface area contributed by atoms with Crippen molar-refractivity contribution >= 4 is 45.2 Å². The fraction of sp³-hybridized carbons (Fsp3) is 0. The van der Waals surface area contributed by atoms with E-state index in [-0.39, 0.29) is 0 Å². The summed E-state index contributed by atoms with van der Waals surface area (Å²) in [4.78, 5) is 0. The number of fused-ring (bicyclic) bond motifs is 4. The van der Waals surface area contributed by atoms with Gasteiger partial charge in [0.25, 0.3) is 0 Å². The second-order valence-electron chi connectivity index (χ2n) is 6.50. The molecule has 0 aliphatic carbocycles. The van der Waals surface area contributed by atoms with Crippen LogP contribution in [0, 0.1) is 0 Å². The maximum absolute atomic E-state index is 9.93. The zero-order valence-corrected chi connectivity index (χ0v) is 14.0. The molecular weight excluding hydrogens is 321 g/mol. The molecule has 0 saturated carbocycles. The van der Waals surface area contributed by atoms with Gasteiger partial charge in [0.1, 0.15) is 0 Å². The molecule has 0 aliphatic rings. The van der Waals surface area contributed by atoms with Crippen molar-refractivity contribution in [3.63, 3.8) is 0 Å². The van der Waals surface area contributed by atoms with Crippen LogP contribution in [0.4, 0.5) is 0 Å². The minimum absolute atomic E-state index is 0.506. The van der Waals surface area contributed by atoms with Gasteiger partial charge in [0.05, 0.1) is 11.0 Å². The maximum Gasteiger partial charge on any atom is 0.490 e. The van der Waals surface area contributed by atoms with Gasteiger partial charge in [0.15, 0.2) is 0 Å². The van der Waals surface area contributed by atoms with Crippen molar-refractivity contribution in [3.05, 3.63) is 84.9 Å². The van der Waals surface area contributed by atoms with Crippen LogP contribution in [0.5, 0.6) is 0 Å². The molecule has 0 bridgehead atoms. The van der Waals surface area contributed by atoms with Crippen molar-refractivity contribution in [2.24, 2.45) is 0 Å². The molecule has 5 rings (SSSR count). The lowest BCUT2D eigenvalue weighted by atomic mass is 9.79. The number of rotatable bonds is 2. The van der Waals surface area contributed by atoms with Crippen LogP contribution < -0.4 is 5.46 Å². The quantitative estimate of drug-likeness (QED) is 0.483. The molecule has 5 aromatic rings. The maximum atomic E-state index is 9.93. The first kappa shape index (κ1) is 15.2. The standard InChI is InChI=1S/C22H16BNO2/c25-23(26)20-10-5-9-19-18-8-3-4-11-21(18)24(22(19)20)17-13-12-15-6-1-2-7-16(15)14-17/h1-14,25-26H. The Morgan fingerprint density at radius 1 is 0.654 bits per heavy atom. The molecule has 0 unspecified atom stereocenters. The third kappa shape index (κ3) is 2.17. The summed E-state index contributed by atoms with van der Waals surface area (Å²) in [7, 11) is -1.53. The zero-order valence-electron chi connectivity index (χ0n) is 14.0. The van der Waals surface area contributed by atoms with Crippen LogP contribution in [0.25, 0.3) is 38.3 Å². The highest BCUT2D eigenvalue weighted by molar-refractivity contribution is 6.62. The summed E-state index contributed by atoms with van der Waals surface area (Å²) in [5.41, 5.74) is 3.39. The third-order valence-electron chi connectivity index (χ3n) is 5.00. The van der Waals surface area contributed by atoms with Crippen LogP contribution in [0.2, 0.25) is 0 Å². The Labute approximate surface area is 150 Å². The molecule has 0 fully saturated rings. The van der Waals surface area contributed by atoms with Crippen LogP contribution in [0.3, 0.4) is 0 Å². The molecular formula is C22H16BNO2. The van der Waals surface area contributed by atoms with E-state index < -0.39 is 7.12 Å². The fourth-order valence-electron chi connectivity index (χ4n) is 3.84. The third-order valence-corrected chi connectivity index (χ3v) is 5.00. The molecule has 0 atom stereocenters. The van der Waals surface area contributed by atoms with E-state index in [1.807, 2.05) is 36.4 Å². The van der Waals surface area contributed by atoms with Gasteiger partial charge in [0.2, 0.25) is 0 Å². The Bertz CT molecular complexity index is 1270. The summed E-state index contributed by atoms with van der Waals surface area (Å²) >= 11 is 0. The molecule has 0 radical (unpaired) electrons. The lowest BCUT2D eigenvalue weighted by Gasteiger charge is -2.12. The van der Waals surface area contributed by atoms with Crippen molar-refractivity contribution in [3.8, 4) is 5.69 Å². The highest BCUT2D eigenvalue weighted by atomic mass is 16.4. The Hall–Kier alpha value is -3.08. The van der Waals surface area contributed by atoms with E-state index in [2.05, 4.69) is 47.0 Å². The summed E-state index contributed by atoms with van der Waals surface area (Å²) in [5, 5.41) is 24.3. The number of hydrogen-bond acceptors (Lipinski definition) is 2. The molecule has 4 heteroatoms. The zero-order chi connectivity index (χ0) is 17.7. The average Bonchev–Trinajstić information content (AvgIpc) is 3.02. The van der Waals surface area contributed by atoms with Crippen LogP contribution in [-0.4, -0.2) is 21.7 Å². The first-order valence-electron chi connectivity index (χ1n) is 8.61. The van der Waals surface area contributed by atoms with Crippen molar-refractivity contribution in [2.45, 2.75) is 0 Å². The Morgan fingerprint density at radius 2 is 1.38 bits per heavy atom. The van der Waals surface area contributed by atoms with Gasteiger partial charge in [-0.1, -0.05) is 66.7 Å². The predicted molar refractivity (Wildman–Crippen MR) is 108 cm³/mol. The molecule has 0 spiro atoms. The molecule has 0 aliphatic heterocycles. The lowest BCUT2D eigenvalue weighted by molar-refractivity contribution is 0.426. The van der Waals surface area contributed by atoms with E-state index >= 15 is 0 Å². The van der Waals surface area contributed by atoms with Crippen LogP contribution >= 0.6 is 0 Å². The summed E-state index contributed by atoms with van der Waals surface area (Å²) in [6.45, 7) is 0. The van der Waals surface area contributed by atoms with Crippen LogP contribution in [0.15, 0.2) is 84.9 Å². The van der Waals surface area contributed by atoms with E-state index in [1.54, 1.807) is 6.07 Å². The van der Waals surface area contributed by atoms with E-state index in [9.17, 15) is 10.0 Å². The molecule has 124 valence electrons. The number of para-hydroxylation sites is 2. The first-order chi connectivity index (χ1) is 12.7. The fourth-order valence-corrected chi connectivity index (χ4v) is 3.84. The SMILES string of the molecule is OB(O)c1cccc2c3ccccc3n(-c3ccc4ccccc4c3)c12. The van der Waals surface area contributed by atoms with Gasteiger partial charge in [-0.05, 0) is 29.0 Å². The van der Waals surface area contributed by atoms with Crippen LogP contribution in [-0.2, 0) is 0 Å². The van der Waals surface area contributed by atoms with Gasteiger partial charge in [-0.2, -0.15) is 0 Å². The lowest BCUT2D eigenvalue weighted by Crippen LogP contribution is -2.31. The smallest absolute Gasteiger partial charge is 0.423 e. The van der Waals surface area contributed by atoms with Gasteiger partial charge in [-0.3, -0.25) is 0 Å². The second kappa shape index (κ2) is 5.73. The van der Waals surface area contributed by atoms with Crippen molar-refractivity contribution in [1.29, 1.82) is 0 Å². The van der Waals surface area contributed by atoms with Crippen molar-refractivity contribution in [2.75, 3.05) is 0 Å². The van der Waals surface area contributed by atoms with E-state index in [0.717, 1.165) is 32.9 Å². The highest BCUT2D eigenvalue weighted by Crippen LogP contribution is 2.32. The predicted octanol–water partition coefficient (Wildman–Crippen LogP) is 3.62. The molecule has 0 amide bonds. The number of nitrogens with zero attached hydrogens (tertiary/aromatic N) is 1. The molecule has 2 N–H and O–H groups in total. The summed E-state index contributed by atoms with van der Waals surface area (Å²) in [5.74, 6) is 0. The molecule has 0 saturated heterocycles. The number of aromatic nitrogens is 1. The molecule has 1 aromatic heterocycles. The number of benzene rings is 4. The molecule has 1 heterocycles. The Kier molecular flexibility index (Phi) is 3.35. The summed E-state index contributed by atoms with van der Waals surface area (Å²) in [6.07, 6.45) is 0. The normalized spacial score (nSPS) is 11.5. The Balaban J connectivity index is 1.95. The summed E-state index contributed by atoms with van der Waals surface area (Å²) < 4.78 is 2.12. The minimum Gasteiger partial charge on any atom is -0.423 e. The minimum atomic E-state index is -1.53. The molecule has 4 aromatic carbocycles. The molecule has 26 heavy (non-hydrogen) atoms. The van der Waals surface area contributed by atoms with E-state index in [1.165, 1.54) is 5.39 Å². The first-order valence-corrected chi connectivity index (χ1v) is 8.61. The topological polar surface area (TPSA) is 45.4 Å². The second-order valence-corrected chi connectivity index (χ2v) is 6.50. The van der Waals surface area contributed by atoms with Gasteiger partial charge in [0, 0.05) is 21.9 Å². The molecule has 3 nitrogen and oxygen atoms in total. The largest absolute Gasteiger partial charge is 0.490 e. The van der Waals surface area contributed by atoms with Gasteiger partial charge in [-0.25, -0.2) is 0 Å². The van der Waals surface area contributed by atoms with Gasteiger partial charge < -0.3 is 14.6 Å². The van der Waals surface area contributed by atoms with Gasteiger partial charge in [-0.15, -0.1) is 0 Å². The number of hydrogen-bond donors (Lipinski definition) is 2. The monoisotopic (exact) mass is 337 g/mol. The van der Waals surface area contributed by atoms with Gasteiger partial charge >= 0.3 is 7.12 Å². The van der Waals surface area contributed by atoms with E-state index in [0.29, 0.717) is 5.46 Å².